The van der Waals surface area contributed by atoms with E-state index in [1.165, 1.54) is 6.21 Å². The highest BCUT2D eigenvalue weighted by Crippen LogP contribution is 2.30. The van der Waals surface area contributed by atoms with Gasteiger partial charge >= 0.3 is 0 Å². The molecule has 2 heterocycles. The summed E-state index contributed by atoms with van der Waals surface area (Å²) >= 11 is 0. The van der Waals surface area contributed by atoms with Crippen LogP contribution >= 0.6 is 0 Å². The summed E-state index contributed by atoms with van der Waals surface area (Å²) in [6.07, 6.45) is 4.05. The number of anilines is 2. The van der Waals surface area contributed by atoms with Crippen LogP contribution in [0.4, 0.5) is 11.5 Å². The fourth-order valence-electron chi connectivity index (χ4n) is 3.91. The van der Waals surface area contributed by atoms with E-state index in [2.05, 4.69) is 26.4 Å². The summed E-state index contributed by atoms with van der Waals surface area (Å²) in [5, 5.41) is 34.7. The average Bonchev–Trinajstić information content (AvgIpc) is 3.35. The molecule has 3 aromatic rings. The minimum atomic E-state index is -0.607. The van der Waals surface area contributed by atoms with Gasteiger partial charge in [-0.05, 0) is 58.0 Å². The van der Waals surface area contributed by atoms with Crippen LogP contribution in [0.2, 0.25) is 0 Å². The summed E-state index contributed by atoms with van der Waals surface area (Å²) in [6.45, 7) is 5.89. The Kier molecular flexibility index (Phi) is 11.3. The fourth-order valence-corrected chi connectivity index (χ4v) is 3.91. The number of benzene rings is 1. The number of pyridine rings is 1. The maximum absolute atomic E-state index is 12.2. The van der Waals surface area contributed by atoms with Crippen molar-refractivity contribution in [1.82, 2.24) is 25.4 Å². The molecule has 11 nitrogen and oxygen atoms in total. The molecule has 0 aliphatic rings. The molecule has 0 aliphatic carbocycles. The molecule has 0 aliphatic heterocycles. The molecule has 210 valence electrons. The molecule has 0 bridgehead atoms. The number of likely N-dealkylation sites (N-methyl/N-ethyl adjacent to an activating group) is 1. The molecule has 39 heavy (non-hydrogen) atoms. The van der Waals surface area contributed by atoms with Crippen LogP contribution in [-0.2, 0) is 7.05 Å². The monoisotopic (exact) mass is 536 g/mol. The number of aliphatic hydroxyl groups is 1. The molecule has 0 radical (unpaired) electrons. The Morgan fingerprint density at radius 2 is 2.00 bits per heavy atom. The smallest absolute Gasteiger partial charge is 0.271 e. The zero-order valence-corrected chi connectivity index (χ0v) is 23.1. The highest BCUT2D eigenvalue weighted by molar-refractivity contribution is 5.94. The Balaban J connectivity index is 1.68. The van der Waals surface area contributed by atoms with Crippen molar-refractivity contribution < 1.29 is 14.6 Å². The third-order valence-electron chi connectivity index (χ3n) is 5.79. The van der Waals surface area contributed by atoms with Gasteiger partial charge in [0.1, 0.15) is 30.0 Å². The summed E-state index contributed by atoms with van der Waals surface area (Å²) < 4.78 is 7.38. The Morgan fingerprint density at radius 1 is 1.21 bits per heavy atom. The SMILES string of the molecule is CNCC(O)COc1cccc(-c2cc(NCCCCNC(=O)c3ccn(C)n3)c(C=N)c(NC(C)C)n2)c1. The van der Waals surface area contributed by atoms with Gasteiger partial charge in [-0.25, -0.2) is 4.98 Å². The zero-order valence-electron chi connectivity index (χ0n) is 23.1. The molecular formula is C28H40N8O3. The van der Waals surface area contributed by atoms with Crippen LogP contribution in [0, 0.1) is 5.41 Å². The quantitative estimate of drug-likeness (QED) is 0.121. The second kappa shape index (κ2) is 14.8. The third kappa shape index (κ3) is 9.08. The first kappa shape index (κ1) is 29.6. The van der Waals surface area contributed by atoms with Gasteiger partial charge in [-0.3, -0.25) is 9.48 Å². The number of amides is 1. The van der Waals surface area contributed by atoms with Crippen molar-refractivity contribution in [2.75, 3.05) is 43.9 Å². The van der Waals surface area contributed by atoms with Gasteiger partial charge in [-0.15, -0.1) is 0 Å². The van der Waals surface area contributed by atoms with Crippen LogP contribution < -0.4 is 26.0 Å². The van der Waals surface area contributed by atoms with Gasteiger partial charge in [0.25, 0.3) is 5.91 Å². The number of nitrogens with zero attached hydrogens (tertiary/aromatic N) is 3. The van der Waals surface area contributed by atoms with E-state index in [0.29, 0.717) is 42.5 Å². The number of carbonyl (C=O) groups excluding carboxylic acids is 1. The van der Waals surface area contributed by atoms with Crippen molar-refractivity contribution in [2.45, 2.75) is 38.8 Å². The molecule has 1 aromatic carbocycles. The summed E-state index contributed by atoms with van der Waals surface area (Å²) in [5.74, 6) is 1.08. The zero-order chi connectivity index (χ0) is 28.2. The number of aromatic nitrogens is 3. The van der Waals surface area contributed by atoms with E-state index < -0.39 is 6.10 Å². The van der Waals surface area contributed by atoms with Crippen molar-refractivity contribution in [3.05, 3.63) is 53.9 Å². The molecule has 3 rings (SSSR count). The number of aliphatic hydroxyl groups excluding tert-OH is 1. The van der Waals surface area contributed by atoms with Crippen LogP contribution in [0.1, 0.15) is 42.7 Å². The van der Waals surface area contributed by atoms with Crippen molar-refractivity contribution >= 4 is 23.6 Å². The normalized spacial score (nSPS) is 11.7. The minimum absolute atomic E-state index is 0.130. The van der Waals surface area contributed by atoms with E-state index in [4.69, 9.17) is 15.1 Å². The molecule has 2 aromatic heterocycles. The number of unbranched alkanes of at least 4 members (excludes halogenated alkanes) is 1. The van der Waals surface area contributed by atoms with E-state index in [-0.39, 0.29) is 18.6 Å². The van der Waals surface area contributed by atoms with Gasteiger partial charge in [0, 0.05) is 56.4 Å². The van der Waals surface area contributed by atoms with Gasteiger partial charge in [-0.1, -0.05) is 12.1 Å². The Labute approximate surface area is 229 Å². The van der Waals surface area contributed by atoms with E-state index >= 15 is 0 Å². The van der Waals surface area contributed by atoms with Crippen LogP contribution in [-0.4, -0.2) is 77.4 Å². The van der Waals surface area contributed by atoms with Crippen LogP contribution in [0.15, 0.2) is 42.6 Å². The van der Waals surface area contributed by atoms with Gasteiger partial charge in [0.2, 0.25) is 0 Å². The molecule has 0 saturated heterocycles. The lowest BCUT2D eigenvalue weighted by Crippen LogP contribution is -2.29. The average molecular weight is 537 g/mol. The maximum atomic E-state index is 12.2. The third-order valence-corrected chi connectivity index (χ3v) is 5.79. The molecule has 0 saturated carbocycles. The van der Waals surface area contributed by atoms with Gasteiger partial charge in [-0.2, -0.15) is 5.10 Å². The van der Waals surface area contributed by atoms with Crippen LogP contribution in [0.25, 0.3) is 11.3 Å². The van der Waals surface area contributed by atoms with Crippen LogP contribution in [0.3, 0.4) is 0 Å². The first-order valence-corrected chi connectivity index (χ1v) is 13.2. The summed E-state index contributed by atoms with van der Waals surface area (Å²) in [5.41, 5.74) is 3.48. The number of carbonyl (C=O) groups is 1. The molecule has 1 amide bonds. The Bertz CT molecular complexity index is 1230. The number of ether oxygens (including phenoxy) is 1. The standard InChI is InChI=1S/C28H40N8O3/c1-19(2)33-27-23(16-29)26(31-11-5-6-12-32-28(38)24-10-13-36(4)35-24)15-25(34-27)20-8-7-9-22(14-20)39-18-21(37)17-30-3/h7-10,13-16,19,21,29-30,37H,5-6,11-12,17-18H2,1-4H3,(H,32,38)(H2,31,33,34). The highest BCUT2D eigenvalue weighted by Gasteiger charge is 2.14. The van der Waals surface area contributed by atoms with Crippen molar-refractivity contribution in [3.8, 4) is 17.0 Å². The van der Waals surface area contributed by atoms with Crippen molar-refractivity contribution in [1.29, 1.82) is 5.41 Å². The summed E-state index contributed by atoms with van der Waals surface area (Å²) in [6, 6.07) is 11.3. The fraction of sp³-hybridized carbons (Fsp3) is 0.429. The first-order chi connectivity index (χ1) is 18.8. The van der Waals surface area contributed by atoms with E-state index in [1.807, 2.05) is 44.2 Å². The largest absolute Gasteiger partial charge is 0.491 e. The van der Waals surface area contributed by atoms with Gasteiger partial charge in [0.15, 0.2) is 0 Å². The number of rotatable bonds is 16. The predicted octanol–water partition coefficient (Wildman–Crippen LogP) is 2.88. The van der Waals surface area contributed by atoms with E-state index in [1.54, 1.807) is 31.0 Å². The molecule has 11 heteroatoms. The first-order valence-electron chi connectivity index (χ1n) is 13.2. The number of hydrogen-bond acceptors (Lipinski definition) is 9. The Hall–Kier alpha value is -3.96. The lowest BCUT2D eigenvalue weighted by atomic mass is 10.1. The van der Waals surface area contributed by atoms with E-state index in [0.717, 1.165) is 29.8 Å². The maximum Gasteiger partial charge on any atom is 0.271 e. The number of aryl methyl sites for hydroxylation is 1. The topological polar surface area (TPSA) is 149 Å². The summed E-state index contributed by atoms with van der Waals surface area (Å²) in [4.78, 5) is 17.0. The van der Waals surface area contributed by atoms with E-state index in [9.17, 15) is 9.90 Å². The lowest BCUT2D eigenvalue weighted by Gasteiger charge is -2.18. The second-order valence-corrected chi connectivity index (χ2v) is 9.58. The number of hydrogen-bond donors (Lipinski definition) is 6. The minimum Gasteiger partial charge on any atom is -0.491 e. The molecular weight excluding hydrogens is 496 g/mol. The Morgan fingerprint density at radius 3 is 2.69 bits per heavy atom. The molecule has 1 unspecified atom stereocenters. The molecule has 6 N–H and O–H groups in total. The second-order valence-electron chi connectivity index (χ2n) is 9.58. The molecule has 1 atom stereocenters. The van der Waals surface area contributed by atoms with Crippen molar-refractivity contribution in [3.63, 3.8) is 0 Å². The van der Waals surface area contributed by atoms with Gasteiger partial charge in [0.05, 0.1) is 11.3 Å². The van der Waals surface area contributed by atoms with Crippen LogP contribution in [0.5, 0.6) is 5.75 Å². The van der Waals surface area contributed by atoms with Gasteiger partial charge < -0.3 is 36.5 Å². The highest BCUT2D eigenvalue weighted by atomic mass is 16.5. The summed E-state index contributed by atoms with van der Waals surface area (Å²) in [7, 11) is 3.56. The lowest BCUT2D eigenvalue weighted by molar-refractivity contribution is 0.0947. The predicted molar refractivity (Wildman–Crippen MR) is 155 cm³/mol. The van der Waals surface area contributed by atoms with Crippen molar-refractivity contribution in [2.24, 2.45) is 7.05 Å². The molecule has 0 fully saturated rings. The molecule has 0 spiro atoms. The number of nitrogens with one attached hydrogen (secondary N) is 5.